The van der Waals surface area contributed by atoms with Gasteiger partial charge in [0.2, 0.25) is 5.95 Å². The number of carbonyl (C=O) groups is 1. The summed E-state index contributed by atoms with van der Waals surface area (Å²) in [6.45, 7) is 2.52. The van der Waals surface area contributed by atoms with Crippen molar-refractivity contribution in [2.75, 3.05) is 31.2 Å². The summed E-state index contributed by atoms with van der Waals surface area (Å²) in [7, 11) is 0. The normalized spacial score (nSPS) is 20.1. The highest BCUT2D eigenvalue weighted by molar-refractivity contribution is 6.02. The number of hydrogen-bond donors (Lipinski definition) is 1. The van der Waals surface area contributed by atoms with Gasteiger partial charge in [0.15, 0.2) is 11.4 Å². The molecule has 1 aliphatic carbocycles. The smallest absolute Gasteiger partial charge is 0.262 e. The number of morpholine rings is 1. The highest BCUT2D eigenvalue weighted by Crippen LogP contribution is 2.34. The first-order valence-corrected chi connectivity index (χ1v) is 9.02. The van der Waals surface area contributed by atoms with Gasteiger partial charge in [-0.2, -0.15) is 4.98 Å². The summed E-state index contributed by atoms with van der Waals surface area (Å²) in [6, 6.07) is 3.67. The second-order valence-corrected chi connectivity index (χ2v) is 6.88. The van der Waals surface area contributed by atoms with E-state index in [4.69, 9.17) is 9.15 Å². The van der Waals surface area contributed by atoms with Gasteiger partial charge in [-0.15, -0.1) is 0 Å². The lowest BCUT2D eigenvalue weighted by Gasteiger charge is -2.27. The zero-order valence-corrected chi connectivity index (χ0v) is 14.6. The molecule has 1 fully saturated rings. The van der Waals surface area contributed by atoms with Crippen LogP contribution >= 0.6 is 0 Å². The van der Waals surface area contributed by atoms with Gasteiger partial charge in [-0.05, 0) is 24.1 Å². The van der Waals surface area contributed by atoms with E-state index in [1.807, 2.05) is 17.0 Å². The second kappa shape index (κ2) is 6.31. The topological polar surface area (TPSA) is 101 Å². The van der Waals surface area contributed by atoms with Crippen LogP contribution < -0.4 is 10.5 Å². The Labute approximate surface area is 154 Å². The molecule has 8 nitrogen and oxygen atoms in total. The Morgan fingerprint density at radius 2 is 2.04 bits per heavy atom. The number of nitrogens with one attached hydrogen (secondary N) is 1. The summed E-state index contributed by atoms with van der Waals surface area (Å²) in [5, 5.41) is 0.397. The minimum absolute atomic E-state index is 0.0243. The molecule has 0 saturated carbocycles. The molecule has 0 aromatic carbocycles. The Morgan fingerprint density at radius 3 is 2.81 bits per heavy atom. The molecule has 1 atom stereocenters. The van der Waals surface area contributed by atoms with Crippen LogP contribution in [0.2, 0.25) is 0 Å². The van der Waals surface area contributed by atoms with E-state index in [2.05, 4.69) is 15.0 Å². The third kappa shape index (κ3) is 2.73. The van der Waals surface area contributed by atoms with Gasteiger partial charge in [-0.25, -0.2) is 4.98 Å². The highest BCUT2D eigenvalue weighted by Gasteiger charge is 2.31. The standard InChI is InChI=1S/C19H18N4O4/c24-14-9-11(15-2-1-5-27-15)8-12-13(14)10-20-17-16(12)18(25)22-19(21-17)23-3-6-26-7-4-23/h1-2,5,10-11H,3-4,6-9H2,(H,20,21,22,25)/t11-/m0/s1. The molecule has 0 radical (unpaired) electrons. The fourth-order valence-electron chi connectivity index (χ4n) is 3.91. The Kier molecular flexibility index (Phi) is 3.78. The predicted molar refractivity (Wildman–Crippen MR) is 97.3 cm³/mol. The quantitative estimate of drug-likeness (QED) is 0.736. The maximum atomic E-state index is 12.9. The number of ether oxygens (including phenoxy) is 1. The number of rotatable bonds is 2. The number of Topliss-reactive ketones (excluding diaryl/α,β-unsaturated/α-hetero) is 1. The number of furan rings is 1. The van der Waals surface area contributed by atoms with Crippen LogP contribution in [0, 0.1) is 0 Å². The third-order valence-corrected chi connectivity index (χ3v) is 5.27. The lowest BCUT2D eigenvalue weighted by Crippen LogP contribution is -2.38. The largest absolute Gasteiger partial charge is 0.469 e. The number of ketones is 1. The molecular formula is C19H18N4O4. The Morgan fingerprint density at radius 1 is 1.19 bits per heavy atom. The lowest BCUT2D eigenvalue weighted by molar-refractivity contribution is 0.0960. The zero-order chi connectivity index (χ0) is 18.4. The van der Waals surface area contributed by atoms with Gasteiger partial charge in [-0.1, -0.05) is 0 Å². The molecule has 3 aromatic rings. The molecule has 2 aliphatic rings. The van der Waals surface area contributed by atoms with Crippen molar-refractivity contribution in [3.8, 4) is 0 Å². The van der Waals surface area contributed by atoms with E-state index >= 15 is 0 Å². The third-order valence-electron chi connectivity index (χ3n) is 5.27. The second-order valence-electron chi connectivity index (χ2n) is 6.88. The van der Waals surface area contributed by atoms with Crippen LogP contribution in [0.4, 0.5) is 5.95 Å². The number of hydrogen-bond acceptors (Lipinski definition) is 7. The van der Waals surface area contributed by atoms with Crippen LogP contribution in [0.5, 0.6) is 0 Å². The predicted octanol–water partition coefficient (Wildman–Crippen LogP) is 1.66. The van der Waals surface area contributed by atoms with Gasteiger partial charge >= 0.3 is 0 Å². The monoisotopic (exact) mass is 366 g/mol. The maximum absolute atomic E-state index is 12.9. The van der Waals surface area contributed by atoms with Crippen LogP contribution in [-0.4, -0.2) is 47.0 Å². The molecule has 0 spiro atoms. The summed E-state index contributed by atoms with van der Waals surface area (Å²) >= 11 is 0. The summed E-state index contributed by atoms with van der Waals surface area (Å²) in [6.07, 6.45) is 4.05. The van der Waals surface area contributed by atoms with Crippen molar-refractivity contribution >= 4 is 22.8 Å². The van der Waals surface area contributed by atoms with Gasteiger partial charge in [0.25, 0.3) is 5.56 Å². The minimum Gasteiger partial charge on any atom is -0.469 e. The van der Waals surface area contributed by atoms with E-state index in [1.165, 1.54) is 0 Å². The molecule has 3 aromatic heterocycles. The number of H-pyrrole nitrogens is 1. The Balaban J connectivity index is 1.62. The summed E-state index contributed by atoms with van der Waals surface area (Å²) in [5.74, 6) is 1.15. The van der Waals surface area contributed by atoms with Gasteiger partial charge in [0.05, 0.1) is 24.9 Å². The van der Waals surface area contributed by atoms with Crippen molar-refractivity contribution in [3.05, 3.63) is 51.8 Å². The van der Waals surface area contributed by atoms with Gasteiger partial charge in [0, 0.05) is 37.2 Å². The van der Waals surface area contributed by atoms with Crippen molar-refractivity contribution < 1.29 is 13.9 Å². The fraction of sp³-hybridized carbons (Fsp3) is 0.368. The fourth-order valence-corrected chi connectivity index (χ4v) is 3.91. The molecule has 0 bridgehead atoms. The molecule has 5 rings (SSSR count). The molecule has 0 unspecified atom stereocenters. The number of aromatic nitrogens is 3. The number of carbonyl (C=O) groups excluding carboxylic acids is 1. The number of fused-ring (bicyclic) bond motifs is 3. The molecule has 1 aliphatic heterocycles. The molecule has 27 heavy (non-hydrogen) atoms. The van der Waals surface area contributed by atoms with E-state index in [-0.39, 0.29) is 17.3 Å². The van der Waals surface area contributed by atoms with Gasteiger partial charge in [0.1, 0.15) is 5.76 Å². The van der Waals surface area contributed by atoms with E-state index in [1.54, 1.807) is 12.5 Å². The number of anilines is 1. The van der Waals surface area contributed by atoms with Crippen LogP contribution in [0.3, 0.4) is 0 Å². The van der Waals surface area contributed by atoms with E-state index in [0.29, 0.717) is 67.3 Å². The van der Waals surface area contributed by atoms with E-state index in [9.17, 15) is 9.59 Å². The number of nitrogens with zero attached hydrogens (tertiary/aromatic N) is 3. The summed E-state index contributed by atoms with van der Waals surface area (Å²) < 4.78 is 10.8. The van der Waals surface area contributed by atoms with Gasteiger partial charge in [-0.3, -0.25) is 14.6 Å². The molecule has 8 heteroatoms. The molecule has 1 saturated heterocycles. The molecule has 138 valence electrons. The van der Waals surface area contributed by atoms with Crippen LogP contribution in [0.15, 0.2) is 33.8 Å². The van der Waals surface area contributed by atoms with E-state index in [0.717, 1.165) is 5.76 Å². The van der Waals surface area contributed by atoms with Crippen molar-refractivity contribution in [3.63, 3.8) is 0 Å². The molecular weight excluding hydrogens is 348 g/mol. The first kappa shape index (κ1) is 16.2. The summed E-state index contributed by atoms with van der Waals surface area (Å²) in [4.78, 5) is 39.2. The first-order chi connectivity index (χ1) is 13.2. The number of aromatic amines is 1. The van der Waals surface area contributed by atoms with E-state index < -0.39 is 0 Å². The molecule has 4 heterocycles. The minimum atomic E-state index is -0.265. The van der Waals surface area contributed by atoms with Crippen molar-refractivity contribution in [2.45, 2.75) is 18.8 Å². The van der Waals surface area contributed by atoms with Crippen molar-refractivity contribution in [1.29, 1.82) is 0 Å². The zero-order valence-electron chi connectivity index (χ0n) is 14.6. The summed E-state index contributed by atoms with van der Waals surface area (Å²) in [5.41, 5.74) is 1.32. The first-order valence-electron chi connectivity index (χ1n) is 9.02. The highest BCUT2D eigenvalue weighted by atomic mass is 16.5. The SMILES string of the molecule is O=C1C[C@@H](c2ccco2)Cc2c1cnc1nc(N3CCOCC3)[nH]c(=O)c21. The average Bonchev–Trinajstić information content (AvgIpc) is 3.23. The maximum Gasteiger partial charge on any atom is 0.262 e. The lowest BCUT2D eigenvalue weighted by atomic mass is 9.81. The van der Waals surface area contributed by atoms with Crippen molar-refractivity contribution in [1.82, 2.24) is 15.0 Å². The van der Waals surface area contributed by atoms with Crippen molar-refractivity contribution in [2.24, 2.45) is 0 Å². The van der Waals surface area contributed by atoms with Crippen LogP contribution in [0.25, 0.3) is 11.0 Å². The number of pyridine rings is 1. The average molecular weight is 366 g/mol. The molecule has 1 N–H and O–H groups in total. The van der Waals surface area contributed by atoms with Crippen LogP contribution in [-0.2, 0) is 11.2 Å². The molecule has 0 amide bonds. The Bertz CT molecular complexity index is 1070. The van der Waals surface area contributed by atoms with Gasteiger partial charge < -0.3 is 14.1 Å². The van der Waals surface area contributed by atoms with Crippen LogP contribution in [0.1, 0.15) is 34.0 Å². The Hall–Kier alpha value is -3.00.